The van der Waals surface area contributed by atoms with Crippen LogP contribution in [0.2, 0.25) is 0 Å². The van der Waals surface area contributed by atoms with Gasteiger partial charge in [-0.3, -0.25) is 9.59 Å². The van der Waals surface area contributed by atoms with E-state index in [1.165, 1.54) is 122 Å². The smallest absolute Gasteiger partial charge is 0.306 e. The summed E-state index contributed by atoms with van der Waals surface area (Å²) in [5, 5.41) is 72.1. The van der Waals surface area contributed by atoms with E-state index in [4.69, 9.17) is 28.4 Å². The van der Waals surface area contributed by atoms with Gasteiger partial charge in [0.1, 0.15) is 55.4 Å². The topological polar surface area (TPSA) is 231 Å². The van der Waals surface area contributed by atoms with E-state index in [1.54, 1.807) is 0 Å². The van der Waals surface area contributed by atoms with E-state index in [2.05, 4.69) is 26.0 Å². The predicted octanol–water partition coefficient (Wildman–Crippen LogP) is 7.38. The Morgan fingerprint density at radius 3 is 1.35 bits per heavy atom. The first kappa shape index (κ1) is 60.4. The molecule has 0 aromatic heterocycles. The van der Waals surface area contributed by atoms with E-state index < -0.39 is 92.7 Å². The van der Waals surface area contributed by atoms with Gasteiger partial charge in [-0.05, 0) is 38.5 Å². The standard InChI is InChI=1S/C51H94O15/c1-3-5-7-9-11-13-15-17-19-21-23-25-27-29-31-33-42(53)61-36-39(64-43(54)34-32-30-28-26-24-22-20-18-16-14-12-10-8-6-4-2)37-62-50-49(60)47(58)45(56)41(66-50)38-63-51-48(59)46(57)44(55)40(35-52)65-51/h21,23,39-41,44-52,55-60H,3-20,22,24-38H2,1-2H3/b23-21+/t39-,40-,41-,44+,45+,46?,47?,48?,49?,50-,51-/m1/s1. The Balaban J connectivity index is 1.81. The number of esters is 2. The van der Waals surface area contributed by atoms with Crippen LogP contribution >= 0.6 is 0 Å². The zero-order valence-corrected chi connectivity index (χ0v) is 40.9. The molecule has 2 aliphatic heterocycles. The van der Waals surface area contributed by atoms with Gasteiger partial charge >= 0.3 is 11.9 Å². The van der Waals surface area contributed by atoms with Gasteiger partial charge < -0.3 is 64.2 Å². The SMILES string of the molecule is CCCCCCCCCC/C=C/CCCCCC(=O)OC[C@H](CO[C@@H]1O[C@H](CO[C@@H]2O[C@H](CO)[C@H](O)C(O)C2O)[C@H](O)C(O)C1O)OC(=O)CCCCCCCCCCCCCCCCC. The van der Waals surface area contributed by atoms with Crippen LogP contribution in [0.4, 0.5) is 0 Å². The number of hydrogen-bond acceptors (Lipinski definition) is 15. The zero-order chi connectivity index (χ0) is 48.2. The Morgan fingerprint density at radius 1 is 0.470 bits per heavy atom. The highest BCUT2D eigenvalue weighted by Gasteiger charge is 2.47. The minimum absolute atomic E-state index is 0.168. The van der Waals surface area contributed by atoms with E-state index in [-0.39, 0.29) is 26.1 Å². The quantitative estimate of drug-likeness (QED) is 0.0180. The van der Waals surface area contributed by atoms with Gasteiger partial charge in [0.2, 0.25) is 0 Å². The average molecular weight is 947 g/mol. The summed E-state index contributed by atoms with van der Waals surface area (Å²) in [5.41, 5.74) is 0. The molecule has 0 aliphatic carbocycles. The Bertz CT molecular complexity index is 1210. The molecule has 2 heterocycles. The van der Waals surface area contributed by atoms with Crippen molar-refractivity contribution < 1.29 is 73.8 Å². The van der Waals surface area contributed by atoms with Crippen molar-refractivity contribution in [3.63, 3.8) is 0 Å². The molecule has 4 unspecified atom stereocenters. The van der Waals surface area contributed by atoms with Crippen LogP contribution in [0.3, 0.4) is 0 Å². The van der Waals surface area contributed by atoms with Gasteiger partial charge in [-0.1, -0.05) is 167 Å². The first-order valence-electron chi connectivity index (χ1n) is 26.3. The van der Waals surface area contributed by atoms with Gasteiger partial charge in [0.25, 0.3) is 0 Å². The van der Waals surface area contributed by atoms with Gasteiger partial charge in [-0.2, -0.15) is 0 Å². The summed E-state index contributed by atoms with van der Waals surface area (Å²) < 4.78 is 33.6. The van der Waals surface area contributed by atoms with Crippen LogP contribution < -0.4 is 0 Å². The van der Waals surface area contributed by atoms with Crippen molar-refractivity contribution in [2.45, 2.75) is 274 Å². The van der Waals surface area contributed by atoms with Gasteiger partial charge in [-0.25, -0.2) is 0 Å². The maximum Gasteiger partial charge on any atom is 0.306 e. The van der Waals surface area contributed by atoms with Crippen LogP contribution in [0.1, 0.15) is 206 Å². The molecule has 0 aromatic rings. The fourth-order valence-electron chi connectivity index (χ4n) is 8.39. The van der Waals surface area contributed by atoms with Crippen molar-refractivity contribution >= 4 is 11.9 Å². The van der Waals surface area contributed by atoms with Crippen LogP contribution in [-0.2, 0) is 38.0 Å². The number of allylic oxidation sites excluding steroid dienone is 2. The van der Waals surface area contributed by atoms with Gasteiger partial charge in [0.15, 0.2) is 18.7 Å². The number of rotatable bonds is 41. The van der Waals surface area contributed by atoms with Crippen LogP contribution in [0.15, 0.2) is 12.2 Å². The van der Waals surface area contributed by atoms with Crippen LogP contribution in [0, 0.1) is 0 Å². The molecular formula is C51H94O15. The summed E-state index contributed by atoms with van der Waals surface area (Å²) in [6.45, 7) is 2.60. The van der Waals surface area contributed by atoms with Crippen molar-refractivity contribution in [3.8, 4) is 0 Å². The number of ether oxygens (including phenoxy) is 6. The number of carbonyl (C=O) groups excluding carboxylic acids is 2. The summed E-state index contributed by atoms with van der Waals surface area (Å²) >= 11 is 0. The first-order valence-corrected chi connectivity index (χ1v) is 26.3. The fraction of sp³-hybridized carbons (Fsp3) is 0.922. The summed E-state index contributed by atoms with van der Waals surface area (Å²) in [4.78, 5) is 25.7. The molecule has 2 aliphatic rings. The molecule has 15 heteroatoms. The lowest BCUT2D eigenvalue weighted by Gasteiger charge is -2.42. The van der Waals surface area contributed by atoms with Crippen molar-refractivity contribution in [1.82, 2.24) is 0 Å². The maximum atomic E-state index is 13.0. The molecular weight excluding hydrogens is 853 g/mol. The number of carbonyl (C=O) groups is 2. The lowest BCUT2D eigenvalue weighted by atomic mass is 9.98. The number of aliphatic hydroxyl groups is 7. The molecule has 0 saturated carbocycles. The summed E-state index contributed by atoms with van der Waals surface area (Å²) in [6, 6.07) is 0. The Labute approximate surface area is 397 Å². The average Bonchev–Trinajstić information content (AvgIpc) is 3.31. The molecule has 15 nitrogen and oxygen atoms in total. The van der Waals surface area contributed by atoms with E-state index in [0.29, 0.717) is 12.8 Å². The lowest BCUT2D eigenvalue weighted by molar-refractivity contribution is -0.332. The van der Waals surface area contributed by atoms with E-state index in [1.807, 2.05) is 0 Å². The molecule has 11 atom stereocenters. The summed E-state index contributed by atoms with van der Waals surface area (Å²) in [6.07, 6.45) is 20.9. The Kier molecular flexibility index (Phi) is 35.7. The second-order valence-electron chi connectivity index (χ2n) is 18.7. The first-order chi connectivity index (χ1) is 32.0. The van der Waals surface area contributed by atoms with Crippen LogP contribution in [0.5, 0.6) is 0 Å². The number of unbranched alkanes of at least 4 members (excludes halogenated alkanes) is 25. The third-order valence-corrected chi connectivity index (χ3v) is 12.7. The monoisotopic (exact) mass is 947 g/mol. The van der Waals surface area contributed by atoms with Crippen molar-refractivity contribution in [2.75, 3.05) is 26.4 Å². The van der Waals surface area contributed by atoms with Gasteiger partial charge in [-0.15, -0.1) is 0 Å². The Morgan fingerprint density at radius 2 is 0.864 bits per heavy atom. The highest BCUT2D eigenvalue weighted by Crippen LogP contribution is 2.26. The highest BCUT2D eigenvalue weighted by atomic mass is 16.7. The highest BCUT2D eigenvalue weighted by molar-refractivity contribution is 5.70. The van der Waals surface area contributed by atoms with Crippen molar-refractivity contribution in [3.05, 3.63) is 12.2 Å². The van der Waals surface area contributed by atoms with Gasteiger partial charge in [0, 0.05) is 12.8 Å². The second-order valence-corrected chi connectivity index (χ2v) is 18.7. The molecule has 0 spiro atoms. The third kappa shape index (κ3) is 26.8. The predicted molar refractivity (Wildman–Crippen MR) is 252 cm³/mol. The normalized spacial score (nSPS) is 26.2. The van der Waals surface area contributed by atoms with E-state index in [9.17, 15) is 45.3 Å². The minimum Gasteiger partial charge on any atom is -0.462 e. The largest absolute Gasteiger partial charge is 0.462 e. The van der Waals surface area contributed by atoms with Crippen molar-refractivity contribution in [2.24, 2.45) is 0 Å². The number of hydrogen-bond donors (Lipinski definition) is 7. The zero-order valence-electron chi connectivity index (χ0n) is 40.9. The van der Waals surface area contributed by atoms with Gasteiger partial charge in [0.05, 0.1) is 19.8 Å². The summed E-state index contributed by atoms with van der Waals surface area (Å²) in [5.74, 6) is -0.933. The molecule has 7 N–H and O–H groups in total. The fourth-order valence-corrected chi connectivity index (χ4v) is 8.39. The van der Waals surface area contributed by atoms with Crippen molar-refractivity contribution in [1.29, 1.82) is 0 Å². The molecule has 0 radical (unpaired) electrons. The molecule has 66 heavy (non-hydrogen) atoms. The Hall–Kier alpha value is -1.76. The van der Waals surface area contributed by atoms with Crippen LogP contribution in [-0.4, -0.2) is 142 Å². The third-order valence-electron chi connectivity index (χ3n) is 12.7. The second kappa shape index (κ2) is 39.0. The van der Waals surface area contributed by atoms with Crippen LogP contribution in [0.25, 0.3) is 0 Å². The van der Waals surface area contributed by atoms with E-state index >= 15 is 0 Å². The maximum absolute atomic E-state index is 13.0. The summed E-state index contributed by atoms with van der Waals surface area (Å²) in [7, 11) is 0. The molecule has 388 valence electrons. The molecule has 2 rings (SSSR count). The minimum atomic E-state index is -1.76. The molecule has 2 fully saturated rings. The molecule has 0 amide bonds. The molecule has 0 aromatic carbocycles. The number of aliphatic hydroxyl groups excluding tert-OH is 7. The lowest BCUT2D eigenvalue weighted by Crippen LogP contribution is -2.61. The molecule has 2 saturated heterocycles. The molecule has 0 bridgehead atoms. The van der Waals surface area contributed by atoms with E-state index in [0.717, 1.165) is 44.9 Å².